The molecule has 2 heterocycles. The van der Waals surface area contributed by atoms with E-state index in [0.29, 0.717) is 46.1 Å². The largest absolute Gasteiger partial charge is 0.494 e. The zero-order valence-electron chi connectivity index (χ0n) is 23.0. The number of aliphatic imine (C=N–C) groups is 1. The molecule has 40 heavy (non-hydrogen) atoms. The van der Waals surface area contributed by atoms with Gasteiger partial charge in [0.05, 0.1) is 29.6 Å². The Bertz CT molecular complexity index is 1550. The first-order valence-corrected chi connectivity index (χ1v) is 13.5. The predicted molar refractivity (Wildman–Crippen MR) is 157 cm³/mol. The van der Waals surface area contributed by atoms with Crippen molar-refractivity contribution < 1.29 is 19.4 Å². The number of carbonyl (C=O) groups is 2. The fourth-order valence-corrected chi connectivity index (χ4v) is 5.19. The summed E-state index contributed by atoms with van der Waals surface area (Å²) in [5.41, 5.74) is 4.87. The highest BCUT2D eigenvalue weighted by atomic mass is 16.5. The van der Waals surface area contributed by atoms with Crippen molar-refractivity contribution in [2.45, 2.75) is 19.8 Å². The molecule has 0 radical (unpaired) electrons. The summed E-state index contributed by atoms with van der Waals surface area (Å²) in [7, 11) is 3.47. The summed E-state index contributed by atoms with van der Waals surface area (Å²) in [4.78, 5) is 35.2. The van der Waals surface area contributed by atoms with Crippen molar-refractivity contribution in [3.63, 3.8) is 0 Å². The number of hydrogen-bond acceptors (Lipinski definition) is 6. The van der Waals surface area contributed by atoms with Crippen LogP contribution in [0.4, 0.5) is 5.69 Å². The molecular weight excluding hydrogens is 504 g/mol. The lowest BCUT2D eigenvalue weighted by molar-refractivity contribution is 0.0600. The third-order valence-corrected chi connectivity index (χ3v) is 7.57. The Balaban J connectivity index is 1.45. The Morgan fingerprint density at radius 3 is 2.42 bits per heavy atom. The van der Waals surface area contributed by atoms with E-state index in [-0.39, 0.29) is 11.8 Å². The number of esters is 1. The van der Waals surface area contributed by atoms with Crippen molar-refractivity contribution in [3.05, 3.63) is 94.5 Å². The quantitative estimate of drug-likeness (QED) is 0.221. The number of aromatic amines is 1. The third kappa shape index (κ3) is 5.77. The molecule has 1 fully saturated rings. The van der Waals surface area contributed by atoms with Crippen LogP contribution in [0, 0.1) is 12.8 Å². The molecule has 0 atom stereocenters. The summed E-state index contributed by atoms with van der Waals surface area (Å²) in [6.45, 7) is 4.64. The first kappa shape index (κ1) is 27.1. The summed E-state index contributed by atoms with van der Waals surface area (Å²) in [6, 6.07) is 20.3. The maximum atomic E-state index is 12.8. The van der Waals surface area contributed by atoms with Gasteiger partial charge in [0.25, 0.3) is 5.91 Å². The molecule has 8 nitrogen and oxygen atoms in total. The molecule has 0 bridgehead atoms. The molecule has 0 aliphatic carbocycles. The molecule has 1 aromatic heterocycles. The highest BCUT2D eigenvalue weighted by Gasteiger charge is 2.22. The summed E-state index contributed by atoms with van der Waals surface area (Å²) in [5.74, 6) is -0.0797. The molecule has 1 amide bonds. The molecule has 0 unspecified atom stereocenters. The first-order chi connectivity index (χ1) is 19.3. The topological polar surface area (TPSA) is 107 Å². The average Bonchev–Trinajstić information content (AvgIpc) is 3.29. The van der Waals surface area contributed by atoms with Crippen LogP contribution in [0.25, 0.3) is 10.9 Å². The van der Waals surface area contributed by atoms with E-state index in [1.807, 2.05) is 43.3 Å². The Hall–Kier alpha value is -4.43. The van der Waals surface area contributed by atoms with E-state index in [0.717, 1.165) is 42.4 Å². The predicted octanol–water partition coefficient (Wildman–Crippen LogP) is 5.21. The summed E-state index contributed by atoms with van der Waals surface area (Å²) in [6.07, 6.45) is 2.19. The van der Waals surface area contributed by atoms with Gasteiger partial charge in [-0.2, -0.15) is 0 Å². The second-order valence-electron chi connectivity index (χ2n) is 10.4. The lowest BCUT2D eigenvalue weighted by Crippen LogP contribution is -2.36. The molecule has 8 heteroatoms. The Morgan fingerprint density at radius 1 is 1.05 bits per heavy atom. The lowest BCUT2D eigenvalue weighted by Gasteiger charge is -2.28. The second-order valence-corrected chi connectivity index (χ2v) is 10.4. The maximum absolute atomic E-state index is 12.8. The molecule has 0 spiro atoms. The minimum Gasteiger partial charge on any atom is -0.494 e. The lowest BCUT2D eigenvalue weighted by atomic mass is 9.97. The average molecular weight is 539 g/mol. The number of amides is 1. The van der Waals surface area contributed by atoms with E-state index in [2.05, 4.69) is 22.2 Å². The Kier molecular flexibility index (Phi) is 7.98. The van der Waals surface area contributed by atoms with E-state index >= 15 is 0 Å². The maximum Gasteiger partial charge on any atom is 0.338 e. The van der Waals surface area contributed by atoms with E-state index in [1.54, 1.807) is 30.3 Å². The van der Waals surface area contributed by atoms with Gasteiger partial charge in [-0.05, 0) is 87.8 Å². The Morgan fingerprint density at radius 2 is 1.75 bits per heavy atom. The van der Waals surface area contributed by atoms with Crippen LogP contribution in [0.3, 0.4) is 0 Å². The molecule has 1 aliphatic rings. The van der Waals surface area contributed by atoms with Crippen molar-refractivity contribution in [3.8, 4) is 5.88 Å². The molecule has 3 aromatic carbocycles. The van der Waals surface area contributed by atoms with Crippen molar-refractivity contribution in [1.82, 2.24) is 15.2 Å². The number of likely N-dealkylation sites (tertiary alicyclic amines) is 1. The number of rotatable bonds is 7. The summed E-state index contributed by atoms with van der Waals surface area (Å²) >= 11 is 0. The first-order valence-electron chi connectivity index (χ1n) is 13.5. The number of piperidine rings is 1. The number of ether oxygens (including phenoxy) is 1. The normalized spacial score (nSPS) is 14.8. The second kappa shape index (κ2) is 11.8. The minimum atomic E-state index is -0.442. The van der Waals surface area contributed by atoms with Crippen LogP contribution < -0.4 is 5.32 Å². The van der Waals surface area contributed by atoms with E-state index in [4.69, 9.17) is 9.73 Å². The smallest absolute Gasteiger partial charge is 0.338 e. The number of fused-ring (bicyclic) bond motifs is 1. The van der Waals surface area contributed by atoms with Crippen LogP contribution in [0.5, 0.6) is 5.88 Å². The minimum absolute atomic E-state index is 0.0519. The molecule has 4 aromatic rings. The summed E-state index contributed by atoms with van der Waals surface area (Å²) < 4.78 is 4.91. The molecule has 1 saturated heterocycles. The van der Waals surface area contributed by atoms with E-state index < -0.39 is 5.97 Å². The Labute approximate surface area is 233 Å². The molecule has 3 N–H and O–H groups in total. The standard InChI is InChI=1S/C32H34N4O4/c1-20-17-26-27(18-25(20)32(39)40-3)35-31(38)28(26)29(22-7-5-4-6-8-22)34-24-11-9-23(10-12-24)30(37)33-19-21-13-15-36(2)16-14-21/h4-12,17-18,21,35,38H,13-16,19H2,1-3H3,(H,33,37). The van der Waals surface area contributed by atoms with Gasteiger partial charge in [0, 0.05) is 28.6 Å². The number of hydrogen-bond donors (Lipinski definition) is 3. The van der Waals surface area contributed by atoms with Crippen LogP contribution in [-0.4, -0.2) is 66.4 Å². The molecular formula is C32H34N4O4. The van der Waals surface area contributed by atoms with E-state index in [1.165, 1.54) is 7.11 Å². The van der Waals surface area contributed by atoms with Crippen molar-refractivity contribution >= 4 is 34.2 Å². The fourth-order valence-electron chi connectivity index (χ4n) is 5.19. The summed E-state index contributed by atoms with van der Waals surface area (Å²) in [5, 5.41) is 14.8. The van der Waals surface area contributed by atoms with Gasteiger partial charge in [-0.3, -0.25) is 4.79 Å². The molecule has 0 saturated carbocycles. The highest BCUT2D eigenvalue weighted by molar-refractivity contribution is 6.22. The molecule has 206 valence electrons. The number of nitrogens with one attached hydrogen (secondary N) is 2. The number of aromatic nitrogens is 1. The number of aromatic hydroxyl groups is 1. The van der Waals surface area contributed by atoms with Gasteiger partial charge in [0.2, 0.25) is 0 Å². The van der Waals surface area contributed by atoms with Crippen LogP contribution in [0.1, 0.15) is 50.2 Å². The van der Waals surface area contributed by atoms with Gasteiger partial charge in [0.15, 0.2) is 5.88 Å². The SMILES string of the molecule is COC(=O)c1cc2[nH]c(O)c(C(=Nc3ccc(C(=O)NCC4CCN(C)CC4)cc3)c3ccccc3)c2cc1C. The van der Waals surface area contributed by atoms with Gasteiger partial charge in [-0.25, -0.2) is 9.79 Å². The van der Waals surface area contributed by atoms with Crippen LogP contribution in [0.2, 0.25) is 0 Å². The van der Waals surface area contributed by atoms with Gasteiger partial charge in [-0.1, -0.05) is 30.3 Å². The molecule has 5 rings (SSSR count). The number of benzene rings is 3. The van der Waals surface area contributed by atoms with Crippen molar-refractivity contribution in [1.29, 1.82) is 0 Å². The number of H-pyrrole nitrogens is 1. The number of aryl methyl sites for hydroxylation is 1. The van der Waals surface area contributed by atoms with Crippen molar-refractivity contribution in [2.24, 2.45) is 10.9 Å². The monoisotopic (exact) mass is 538 g/mol. The number of nitrogens with zero attached hydrogens (tertiary/aromatic N) is 2. The molecule has 1 aliphatic heterocycles. The fraction of sp³-hybridized carbons (Fsp3) is 0.281. The van der Waals surface area contributed by atoms with Gasteiger partial charge < -0.3 is 25.0 Å². The number of carbonyl (C=O) groups excluding carboxylic acids is 2. The highest BCUT2D eigenvalue weighted by Crippen LogP contribution is 2.33. The van der Waals surface area contributed by atoms with Crippen LogP contribution in [-0.2, 0) is 4.74 Å². The zero-order chi connectivity index (χ0) is 28.2. The van der Waals surface area contributed by atoms with Crippen molar-refractivity contribution in [2.75, 3.05) is 33.8 Å². The van der Waals surface area contributed by atoms with Gasteiger partial charge in [-0.15, -0.1) is 0 Å². The number of methoxy groups -OCH3 is 1. The van der Waals surface area contributed by atoms with Gasteiger partial charge >= 0.3 is 5.97 Å². The van der Waals surface area contributed by atoms with Crippen LogP contribution >= 0.6 is 0 Å². The van der Waals surface area contributed by atoms with E-state index in [9.17, 15) is 14.7 Å². The zero-order valence-corrected chi connectivity index (χ0v) is 23.0. The third-order valence-electron chi connectivity index (χ3n) is 7.57. The van der Waals surface area contributed by atoms with Crippen LogP contribution in [0.15, 0.2) is 71.7 Å². The van der Waals surface area contributed by atoms with Gasteiger partial charge in [0.1, 0.15) is 0 Å².